The third-order valence-electron chi connectivity index (χ3n) is 4.07. The Morgan fingerprint density at radius 3 is 1.56 bits per heavy atom. The smallest absolute Gasteiger partial charge is 0.207 e. The summed E-state index contributed by atoms with van der Waals surface area (Å²) in [5.74, 6) is 0. The van der Waals surface area contributed by atoms with Crippen molar-refractivity contribution in [2.75, 3.05) is 0 Å². The van der Waals surface area contributed by atoms with Crippen molar-refractivity contribution in [2.45, 2.75) is 0 Å². The first-order chi connectivity index (χ1) is 8.84. The zero-order valence-corrected chi connectivity index (χ0v) is 9.51. The van der Waals surface area contributed by atoms with E-state index in [0.29, 0.717) is 0 Å². The van der Waals surface area contributed by atoms with E-state index in [1.807, 2.05) is 12.1 Å². The average molecular weight is 228 g/mol. The zero-order valence-electron chi connectivity index (χ0n) is 9.51. The lowest BCUT2D eigenvalue weighted by atomic mass is 9.95. The highest BCUT2D eigenvalue weighted by Gasteiger charge is 2.23. The molecule has 2 aliphatic heterocycles. The van der Waals surface area contributed by atoms with Crippen molar-refractivity contribution >= 4 is 43.7 Å². The largest absolute Gasteiger partial charge is 0.493 e. The van der Waals surface area contributed by atoms with E-state index in [1.165, 1.54) is 26.2 Å². The van der Waals surface area contributed by atoms with Crippen molar-refractivity contribution in [3.63, 3.8) is 0 Å². The third kappa shape index (κ3) is 0.740. The van der Waals surface area contributed by atoms with Crippen LogP contribution in [0.15, 0.2) is 48.5 Å². The van der Waals surface area contributed by atoms with Gasteiger partial charge in [-0.05, 0) is 35.0 Å². The summed E-state index contributed by atoms with van der Waals surface area (Å²) in [6.45, 7) is 0. The van der Waals surface area contributed by atoms with E-state index in [4.69, 9.17) is 0 Å². The molecule has 4 aromatic carbocycles. The maximum Gasteiger partial charge on any atom is 0.207 e. The molecule has 0 aromatic heterocycles. The van der Waals surface area contributed by atoms with Gasteiger partial charge in [0.1, 0.15) is 0 Å². The van der Waals surface area contributed by atoms with Crippen LogP contribution in [0.25, 0.3) is 37.8 Å². The summed E-state index contributed by atoms with van der Waals surface area (Å²) in [7, 11) is 0. The molecule has 4 aromatic rings. The van der Waals surface area contributed by atoms with Gasteiger partial charge in [0.25, 0.3) is 0 Å². The molecule has 0 spiro atoms. The lowest BCUT2D eigenvalue weighted by Crippen LogP contribution is -1.94. The molecule has 6 bridgehead atoms. The number of rotatable bonds is 0. The van der Waals surface area contributed by atoms with Crippen molar-refractivity contribution < 1.29 is 0 Å². The molecule has 0 fully saturated rings. The summed E-state index contributed by atoms with van der Waals surface area (Å²) in [6, 6.07) is 16.7. The van der Waals surface area contributed by atoms with Gasteiger partial charge in [0.15, 0.2) is 0 Å². The molecular formula is C16H8N2. The van der Waals surface area contributed by atoms with Crippen LogP contribution in [0.3, 0.4) is 0 Å². The zero-order chi connectivity index (χ0) is 11.9. The number of fused-ring (bicyclic) bond motifs is 1. The van der Waals surface area contributed by atoms with E-state index in [0.717, 1.165) is 22.1 Å². The van der Waals surface area contributed by atoms with Crippen molar-refractivity contribution in [3.8, 4) is 0 Å². The first kappa shape index (κ1) is 8.59. The molecule has 0 atom stereocenters. The minimum absolute atomic E-state index is 0.867. The number of hydrogen-bond donors (Lipinski definition) is 0. The van der Waals surface area contributed by atoms with E-state index in [1.54, 1.807) is 0 Å². The number of hydrogen-bond acceptors (Lipinski definition) is 0. The van der Waals surface area contributed by atoms with Crippen molar-refractivity contribution in [1.29, 1.82) is 0 Å². The van der Waals surface area contributed by atoms with E-state index in [9.17, 15) is 5.53 Å². The van der Waals surface area contributed by atoms with Crippen LogP contribution >= 0.6 is 0 Å². The topological polar surface area (TPSA) is 25.3 Å². The molecule has 2 nitrogen and oxygen atoms in total. The van der Waals surface area contributed by atoms with Gasteiger partial charge < -0.3 is 5.53 Å². The average Bonchev–Trinajstić information content (AvgIpc) is 2.61. The second kappa shape index (κ2) is 2.51. The second-order valence-corrected chi connectivity index (χ2v) is 4.90. The quantitative estimate of drug-likeness (QED) is 0.270. The highest BCUT2D eigenvalue weighted by Crippen LogP contribution is 2.45. The highest BCUT2D eigenvalue weighted by atomic mass is 15.2. The van der Waals surface area contributed by atoms with E-state index in [-0.39, 0.29) is 0 Å². The Morgan fingerprint density at radius 2 is 1.06 bits per heavy atom. The molecule has 2 heterocycles. The van der Waals surface area contributed by atoms with Crippen LogP contribution in [0.5, 0.6) is 0 Å². The van der Waals surface area contributed by atoms with Crippen molar-refractivity contribution in [1.82, 2.24) is 4.70 Å². The molecule has 2 heteroatoms. The maximum atomic E-state index is 10.4. The molecule has 0 amide bonds. The fraction of sp³-hybridized carbons (Fsp3) is 0. The van der Waals surface area contributed by atoms with Gasteiger partial charge in [-0.25, -0.2) is 4.70 Å². The first-order valence-corrected chi connectivity index (χ1v) is 6.04. The van der Waals surface area contributed by atoms with E-state index in [2.05, 4.69) is 36.4 Å². The molecule has 18 heavy (non-hydrogen) atoms. The van der Waals surface area contributed by atoms with Gasteiger partial charge in [-0.3, -0.25) is 0 Å². The van der Waals surface area contributed by atoms with Gasteiger partial charge in [0.05, 0.1) is 10.8 Å². The molecular weight excluding hydrogens is 220 g/mol. The summed E-state index contributed by atoms with van der Waals surface area (Å²) in [5, 5.41) is 7.24. The first-order valence-electron chi connectivity index (χ1n) is 6.04. The standard InChI is InChI=1S/C16H8N2/c17-18-13-7-3-9-1-2-10-4-8-14(18)12-6-5-11(13)15(9)16(10)12/h1-8H. The van der Waals surface area contributed by atoms with Crippen LogP contribution < -0.4 is 4.70 Å². The molecule has 0 unspecified atom stereocenters. The predicted molar refractivity (Wildman–Crippen MR) is 75.0 cm³/mol. The van der Waals surface area contributed by atoms with Gasteiger partial charge in [-0.1, -0.05) is 12.1 Å². The normalized spacial score (nSPS) is 13.7. The summed E-state index contributed by atoms with van der Waals surface area (Å²) >= 11 is 0. The Kier molecular flexibility index (Phi) is 1.20. The van der Waals surface area contributed by atoms with E-state index < -0.39 is 0 Å². The monoisotopic (exact) mass is 228 g/mol. The molecule has 0 saturated heterocycles. The molecule has 82 valence electrons. The fourth-order valence-corrected chi connectivity index (χ4v) is 3.27. The van der Waals surface area contributed by atoms with Crippen LogP contribution in [0.4, 0.5) is 11.4 Å². The minimum Gasteiger partial charge on any atom is -0.493 e. The molecule has 0 radical (unpaired) electrons. The lowest BCUT2D eigenvalue weighted by molar-refractivity contribution is 1.08. The third-order valence-corrected chi connectivity index (χ3v) is 4.07. The summed E-state index contributed by atoms with van der Waals surface area (Å²) in [4.78, 5) is 0. The van der Waals surface area contributed by atoms with Gasteiger partial charge in [-0.15, -0.1) is 0 Å². The Hall–Kier alpha value is -2.48. The van der Waals surface area contributed by atoms with Crippen LogP contribution in [-0.2, 0) is 0 Å². The minimum atomic E-state index is 0.867. The molecule has 0 saturated carbocycles. The SMILES string of the molecule is [N-]=[N+]1c2ccc3ccc4ccc1c1ccc2c3c41. The van der Waals surface area contributed by atoms with Crippen LogP contribution in [0.1, 0.15) is 0 Å². The molecule has 0 aliphatic carbocycles. The van der Waals surface area contributed by atoms with Crippen LogP contribution in [0, 0.1) is 0 Å². The molecule has 0 N–H and O–H groups in total. The lowest BCUT2D eigenvalue weighted by Gasteiger charge is -2.06. The number of nitrogens with zero attached hydrogens (tertiary/aromatic N) is 2. The summed E-state index contributed by atoms with van der Waals surface area (Å²) < 4.78 is 1.31. The Bertz CT molecular complexity index is 904. The summed E-state index contributed by atoms with van der Waals surface area (Å²) in [5.41, 5.74) is 12.1. The van der Waals surface area contributed by atoms with Crippen LogP contribution in [0.2, 0.25) is 0 Å². The maximum absolute atomic E-state index is 10.4. The molecule has 6 rings (SSSR count). The Balaban J connectivity index is 2.38. The Morgan fingerprint density at radius 1 is 0.611 bits per heavy atom. The van der Waals surface area contributed by atoms with Crippen molar-refractivity contribution in [3.05, 3.63) is 54.1 Å². The van der Waals surface area contributed by atoms with Gasteiger partial charge in [-0.2, -0.15) is 0 Å². The van der Waals surface area contributed by atoms with Crippen molar-refractivity contribution in [2.24, 2.45) is 0 Å². The predicted octanol–water partition coefficient (Wildman–Crippen LogP) is 4.75. The van der Waals surface area contributed by atoms with E-state index >= 15 is 0 Å². The number of benzene rings is 4. The summed E-state index contributed by atoms with van der Waals surface area (Å²) in [6.07, 6.45) is 0. The van der Waals surface area contributed by atoms with Gasteiger partial charge in [0, 0.05) is 22.9 Å². The van der Waals surface area contributed by atoms with Gasteiger partial charge >= 0.3 is 0 Å². The highest BCUT2D eigenvalue weighted by molar-refractivity contribution is 6.28. The second-order valence-electron chi connectivity index (χ2n) is 4.90. The fourth-order valence-electron chi connectivity index (χ4n) is 3.27. The van der Waals surface area contributed by atoms with Crippen LogP contribution in [-0.4, -0.2) is 0 Å². The Labute approximate surface area is 103 Å². The van der Waals surface area contributed by atoms with Gasteiger partial charge in [0.2, 0.25) is 11.4 Å². The molecule has 2 aliphatic rings.